The average Bonchev–Trinajstić information content (AvgIpc) is 2.36. The maximum Gasteiger partial charge on any atom is 0.306 e. The molecule has 0 atom stereocenters. The minimum Gasteiger partial charge on any atom is -0.465 e. The Hall–Kier alpha value is -2.04. The van der Waals surface area contributed by atoms with Crippen molar-refractivity contribution < 1.29 is 14.3 Å². The van der Waals surface area contributed by atoms with E-state index in [-0.39, 0.29) is 24.9 Å². The second-order valence-electron chi connectivity index (χ2n) is 4.50. The van der Waals surface area contributed by atoms with Gasteiger partial charge in [-0.25, -0.2) is 0 Å². The monoisotopic (exact) mass is 264 g/mol. The van der Waals surface area contributed by atoms with Crippen LogP contribution in [0.4, 0.5) is 5.69 Å². The van der Waals surface area contributed by atoms with Crippen molar-refractivity contribution >= 4 is 17.6 Å². The fourth-order valence-electron chi connectivity index (χ4n) is 1.54. The fraction of sp³-hybridized carbons (Fsp3) is 0.429. The van der Waals surface area contributed by atoms with Crippen molar-refractivity contribution in [3.8, 4) is 0 Å². The fourth-order valence-corrected chi connectivity index (χ4v) is 1.54. The van der Waals surface area contributed by atoms with Gasteiger partial charge in [0.1, 0.15) is 6.61 Å². The Morgan fingerprint density at radius 1 is 1.26 bits per heavy atom. The zero-order chi connectivity index (χ0) is 14.3. The zero-order valence-corrected chi connectivity index (χ0v) is 11.4. The highest BCUT2D eigenvalue weighted by Gasteiger charge is 2.07. The summed E-state index contributed by atoms with van der Waals surface area (Å²) >= 11 is 0. The Morgan fingerprint density at radius 3 is 2.63 bits per heavy atom. The Morgan fingerprint density at radius 2 is 2.00 bits per heavy atom. The van der Waals surface area contributed by atoms with Crippen LogP contribution in [-0.2, 0) is 20.7 Å². The van der Waals surface area contributed by atoms with E-state index in [1.165, 1.54) is 4.90 Å². The van der Waals surface area contributed by atoms with E-state index in [0.717, 1.165) is 5.56 Å². The van der Waals surface area contributed by atoms with Gasteiger partial charge in [0.2, 0.25) is 5.91 Å². The molecule has 0 saturated heterocycles. The number of hydrogen-bond donors (Lipinski definition) is 1. The van der Waals surface area contributed by atoms with Crippen molar-refractivity contribution in [2.75, 3.05) is 26.4 Å². The summed E-state index contributed by atoms with van der Waals surface area (Å²) in [7, 11) is 3.34. The predicted octanol–water partition coefficient (Wildman–Crippen LogP) is 1.22. The van der Waals surface area contributed by atoms with Gasteiger partial charge >= 0.3 is 5.97 Å². The van der Waals surface area contributed by atoms with E-state index in [4.69, 9.17) is 10.5 Å². The smallest absolute Gasteiger partial charge is 0.306 e. The predicted molar refractivity (Wildman–Crippen MR) is 73.4 cm³/mol. The lowest BCUT2D eigenvalue weighted by molar-refractivity contribution is -0.145. The molecule has 0 fully saturated rings. The van der Waals surface area contributed by atoms with Crippen molar-refractivity contribution in [1.82, 2.24) is 4.90 Å². The second kappa shape index (κ2) is 7.41. The number of benzene rings is 1. The van der Waals surface area contributed by atoms with Gasteiger partial charge in [-0.05, 0) is 24.1 Å². The van der Waals surface area contributed by atoms with E-state index in [0.29, 0.717) is 18.5 Å². The molecule has 0 aliphatic carbocycles. The number of hydrogen-bond acceptors (Lipinski definition) is 4. The van der Waals surface area contributed by atoms with Crippen LogP contribution in [0, 0.1) is 0 Å². The van der Waals surface area contributed by atoms with Crippen LogP contribution in [-0.4, -0.2) is 37.5 Å². The summed E-state index contributed by atoms with van der Waals surface area (Å²) in [6.07, 6.45) is 1.10. The molecule has 1 aromatic carbocycles. The van der Waals surface area contributed by atoms with Crippen molar-refractivity contribution in [3.63, 3.8) is 0 Å². The average molecular weight is 264 g/mol. The highest BCUT2D eigenvalue weighted by Crippen LogP contribution is 2.09. The third-order valence-corrected chi connectivity index (χ3v) is 2.65. The van der Waals surface area contributed by atoms with E-state index in [1.807, 2.05) is 18.2 Å². The molecule has 2 N–H and O–H groups in total. The Labute approximate surface area is 113 Å². The number of ether oxygens (including phenoxy) is 1. The van der Waals surface area contributed by atoms with Gasteiger partial charge in [-0.15, -0.1) is 0 Å². The molecule has 5 heteroatoms. The molecule has 1 amide bonds. The van der Waals surface area contributed by atoms with Crippen LogP contribution in [0.2, 0.25) is 0 Å². The van der Waals surface area contributed by atoms with Crippen LogP contribution in [0.1, 0.15) is 18.4 Å². The van der Waals surface area contributed by atoms with E-state index < -0.39 is 0 Å². The van der Waals surface area contributed by atoms with Gasteiger partial charge in [-0.2, -0.15) is 0 Å². The molecule has 0 radical (unpaired) electrons. The summed E-state index contributed by atoms with van der Waals surface area (Å²) in [4.78, 5) is 24.2. The van der Waals surface area contributed by atoms with Gasteiger partial charge in [0.25, 0.3) is 0 Å². The van der Waals surface area contributed by atoms with Crippen LogP contribution in [0.15, 0.2) is 24.3 Å². The van der Waals surface area contributed by atoms with Crippen molar-refractivity contribution in [2.24, 2.45) is 0 Å². The third-order valence-electron chi connectivity index (χ3n) is 2.65. The second-order valence-corrected chi connectivity index (χ2v) is 4.50. The summed E-state index contributed by atoms with van der Waals surface area (Å²) in [5, 5.41) is 0. The first-order valence-electron chi connectivity index (χ1n) is 6.19. The van der Waals surface area contributed by atoms with Crippen LogP contribution in [0.3, 0.4) is 0 Å². The number of aryl methyl sites for hydroxylation is 1. The molecule has 0 unspecified atom stereocenters. The van der Waals surface area contributed by atoms with E-state index in [1.54, 1.807) is 20.2 Å². The van der Waals surface area contributed by atoms with E-state index in [2.05, 4.69) is 0 Å². The highest BCUT2D eigenvalue weighted by atomic mass is 16.5. The highest BCUT2D eigenvalue weighted by molar-refractivity contribution is 5.76. The topological polar surface area (TPSA) is 72.6 Å². The maximum atomic E-state index is 11.5. The van der Waals surface area contributed by atoms with E-state index in [9.17, 15) is 9.59 Å². The number of rotatable bonds is 6. The molecule has 0 spiro atoms. The Kier molecular flexibility index (Phi) is 5.85. The summed E-state index contributed by atoms with van der Waals surface area (Å²) < 4.78 is 5.00. The van der Waals surface area contributed by atoms with Gasteiger partial charge in [0.15, 0.2) is 0 Å². The van der Waals surface area contributed by atoms with Crippen LogP contribution in [0.5, 0.6) is 0 Å². The van der Waals surface area contributed by atoms with Crippen molar-refractivity contribution in [3.05, 3.63) is 29.8 Å². The Balaban J connectivity index is 2.23. The summed E-state index contributed by atoms with van der Waals surface area (Å²) in [6.45, 7) is 0.132. The quantitative estimate of drug-likeness (QED) is 0.619. The summed E-state index contributed by atoms with van der Waals surface area (Å²) in [5.41, 5.74) is 7.33. The van der Waals surface area contributed by atoms with Gasteiger partial charge in [-0.3, -0.25) is 9.59 Å². The lowest BCUT2D eigenvalue weighted by Gasteiger charge is -2.10. The number of anilines is 1. The third kappa shape index (κ3) is 5.90. The molecule has 19 heavy (non-hydrogen) atoms. The molecule has 104 valence electrons. The maximum absolute atomic E-state index is 11.5. The molecule has 1 rings (SSSR count). The van der Waals surface area contributed by atoms with Crippen molar-refractivity contribution in [2.45, 2.75) is 19.3 Å². The molecule has 0 saturated carbocycles. The summed E-state index contributed by atoms with van der Waals surface area (Å²) in [6, 6.07) is 7.41. The van der Waals surface area contributed by atoms with Crippen LogP contribution >= 0.6 is 0 Å². The number of amides is 1. The lowest BCUT2D eigenvalue weighted by Crippen LogP contribution is -2.23. The molecule has 1 aromatic rings. The summed E-state index contributed by atoms with van der Waals surface area (Å²) in [5.74, 6) is -0.349. The largest absolute Gasteiger partial charge is 0.465 e. The minimum absolute atomic E-state index is 0.0522. The first kappa shape index (κ1) is 15.0. The molecule has 0 aliphatic rings. The number of nitrogens with zero attached hydrogens (tertiary/aromatic N) is 1. The number of carbonyl (C=O) groups excluding carboxylic acids is 2. The van der Waals surface area contributed by atoms with E-state index >= 15 is 0 Å². The van der Waals surface area contributed by atoms with Gasteiger partial charge in [-0.1, -0.05) is 12.1 Å². The SMILES string of the molecule is CN(C)C(=O)CCOC(=O)CCc1cccc(N)c1. The standard InChI is InChI=1S/C14H20N2O3/c1-16(2)13(17)8-9-19-14(18)7-6-11-4-3-5-12(15)10-11/h3-5,10H,6-9,15H2,1-2H3. The molecular formula is C14H20N2O3. The van der Waals surface area contributed by atoms with Gasteiger partial charge in [0.05, 0.1) is 6.42 Å². The lowest BCUT2D eigenvalue weighted by atomic mass is 10.1. The molecule has 0 aromatic heterocycles. The molecule has 0 heterocycles. The van der Waals surface area contributed by atoms with Gasteiger partial charge in [0, 0.05) is 26.2 Å². The van der Waals surface area contributed by atoms with Crippen molar-refractivity contribution in [1.29, 1.82) is 0 Å². The van der Waals surface area contributed by atoms with Gasteiger partial charge < -0.3 is 15.4 Å². The molecular weight excluding hydrogens is 244 g/mol. The first-order valence-corrected chi connectivity index (χ1v) is 6.19. The normalized spacial score (nSPS) is 10.0. The van der Waals surface area contributed by atoms with Crippen LogP contribution < -0.4 is 5.73 Å². The van der Waals surface area contributed by atoms with Crippen LogP contribution in [0.25, 0.3) is 0 Å². The first-order chi connectivity index (χ1) is 8.99. The minimum atomic E-state index is -0.297. The number of nitrogen functional groups attached to an aromatic ring is 1. The number of nitrogens with two attached hydrogens (primary N) is 1. The number of carbonyl (C=O) groups is 2. The molecule has 5 nitrogen and oxygen atoms in total. The molecule has 0 aliphatic heterocycles. The molecule has 0 bridgehead atoms. The zero-order valence-electron chi connectivity index (χ0n) is 11.4. The Bertz CT molecular complexity index is 444. The number of esters is 1.